The first kappa shape index (κ1) is 16.9. The molecule has 2 aromatic rings. The van der Waals surface area contributed by atoms with E-state index in [0.29, 0.717) is 12.3 Å². The third-order valence-electron chi connectivity index (χ3n) is 3.55. The van der Waals surface area contributed by atoms with Crippen LogP contribution < -0.4 is 0 Å². The number of amides is 1. The Morgan fingerprint density at radius 3 is 2.59 bits per heavy atom. The van der Waals surface area contributed by atoms with E-state index in [9.17, 15) is 4.79 Å². The summed E-state index contributed by atoms with van der Waals surface area (Å²) in [7, 11) is 1.87. The van der Waals surface area contributed by atoms with Gasteiger partial charge in [-0.2, -0.15) is 0 Å². The fourth-order valence-electron chi connectivity index (χ4n) is 2.32. The van der Waals surface area contributed by atoms with Crippen molar-refractivity contribution in [2.24, 2.45) is 0 Å². The number of carbonyl (C=O) groups is 1. The van der Waals surface area contributed by atoms with Crippen molar-refractivity contribution >= 4 is 28.6 Å². The van der Waals surface area contributed by atoms with Crippen LogP contribution >= 0.6 is 11.8 Å². The molecule has 0 aliphatic carbocycles. The molecule has 2 rings (SSSR count). The summed E-state index contributed by atoms with van der Waals surface area (Å²) in [6.07, 6.45) is 0.836. The van der Waals surface area contributed by atoms with E-state index in [4.69, 9.17) is 4.42 Å². The third kappa shape index (κ3) is 4.07. The summed E-state index contributed by atoms with van der Waals surface area (Å²) in [6, 6.07) is 8.03. The first-order valence-electron chi connectivity index (χ1n) is 7.69. The van der Waals surface area contributed by atoms with Gasteiger partial charge >= 0.3 is 0 Å². The Kier molecular flexibility index (Phi) is 5.22. The van der Waals surface area contributed by atoms with Crippen molar-refractivity contribution in [3.05, 3.63) is 35.6 Å². The summed E-state index contributed by atoms with van der Waals surface area (Å²) in [6.45, 7) is 9.07. The smallest absolute Gasteiger partial charge is 0.232 e. The van der Waals surface area contributed by atoms with E-state index in [1.54, 1.807) is 16.7 Å². The number of hydrogen-bond donors (Lipinski definition) is 0. The Balaban J connectivity index is 2.14. The van der Waals surface area contributed by atoms with Crippen molar-refractivity contribution in [1.29, 1.82) is 0 Å². The first-order chi connectivity index (χ1) is 10.3. The van der Waals surface area contributed by atoms with Gasteiger partial charge in [0.2, 0.25) is 5.91 Å². The second-order valence-corrected chi connectivity index (χ2v) is 8.31. The summed E-state index contributed by atoms with van der Waals surface area (Å²) in [5.41, 5.74) is 2.04. The largest absolute Gasteiger partial charge is 0.461 e. The number of hydrogen-bond acceptors (Lipinski definition) is 3. The van der Waals surface area contributed by atoms with Crippen LogP contribution in [-0.4, -0.2) is 28.4 Å². The molecule has 1 aromatic carbocycles. The maximum absolute atomic E-state index is 12.3. The minimum Gasteiger partial charge on any atom is -0.461 e. The molecule has 0 fully saturated rings. The Labute approximate surface area is 137 Å². The number of rotatable bonds is 5. The number of furan rings is 1. The Hall–Kier alpha value is -1.42. The molecule has 22 heavy (non-hydrogen) atoms. The zero-order valence-electron chi connectivity index (χ0n) is 14.1. The standard InChI is InChI=1S/C18H25NO2S/c1-6-15-14(13-9-7-8-10-16(13)21-15)11-19(5)17(20)12-22-18(2,3)4/h7-10H,6,11-12H2,1-5H3. The number of fused-ring (bicyclic) bond motifs is 1. The first-order valence-corrected chi connectivity index (χ1v) is 8.67. The molecule has 1 aromatic heterocycles. The number of para-hydroxylation sites is 1. The molecular formula is C18H25NO2S. The van der Waals surface area contributed by atoms with Gasteiger partial charge in [-0.05, 0) is 6.07 Å². The minimum atomic E-state index is 0.105. The fourth-order valence-corrected chi connectivity index (χ4v) is 3.10. The second kappa shape index (κ2) is 6.78. The van der Waals surface area contributed by atoms with Gasteiger partial charge in [0.05, 0.1) is 5.75 Å². The monoisotopic (exact) mass is 319 g/mol. The Morgan fingerprint density at radius 2 is 1.95 bits per heavy atom. The van der Waals surface area contributed by atoms with E-state index in [1.165, 1.54) is 0 Å². The van der Waals surface area contributed by atoms with Gasteiger partial charge in [-0.15, -0.1) is 11.8 Å². The SMILES string of the molecule is CCc1oc2ccccc2c1CN(C)C(=O)CSC(C)(C)C. The normalized spacial score (nSPS) is 11.9. The van der Waals surface area contributed by atoms with Gasteiger partial charge in [-0.1, -0.05) is 45.9 Å². The lowest BCUT2D eigenvalue weighted by Crippen LogP contribution is -2.29. The maximum Gasteiger partial charge on any atom is 0.232 e. The summed E-state index contributed by atoms with van der Waals surface area (Å²) >= 11 is 1.68. The highest BCUT2D eigenvalue weighted by molar-refractivity contribution is 8.01. The van der Waals surface area contributed by atoms with E-state index < -0.39 is 0 Å². The van der Waals surface area contributed by atoms with Crippen molar-refractivity contribution in [3.8, 4) is 0 Å². The zero-order chi connectivity index (χ0) is 16.3. The van der Waals surface area contributed by atoms with Crippen molar-refractivity contribution in [2.45, 2.75) is 45.4 Å². The van der Waals surface area contributed by atoms with Gasteiger partial charge in [-0.3, -0.25) is 4.79 Å². The van der Waals surface area contributed by atoms with Crippen LogP contribution in [0.5, 0.6) is 0 Å². The number of benzene rings is 1. The lowest BCUT2D eigenvalue weighted by atomic mass is 10.1. The molecule has 0 unspecified atom stereocenters. The topological polar surface area (TPSA) is 33.5 Å². The second-order valence-electron chi connectivity index (χ2n) is 6.50. The average Bonchev–Trinajstić information content (AvgIpc) is 2.82. The number of nitrogens with zero attached hydrogens (tertiary/aromatic N) is 1. The minimum absolute atomic E-state index is 0.105. The summed E-state index contributed by atoms with van der Waals surface area (Å²) in [5, 5.41) is 1.11. The lowest BCUT2D eigenvalue weighted by Gasteiger charge is -2.21. The third-order valence-corrected chi connectivity index (χ3v) is 4.81. The van der Waals surface area contributed by atoms with Crippen LogP contribution in [0.3, 0.4) is 0 Å². The quantitative estimate of drug-likeness (QED) is 0.814. The van der Waals surface area contributed by atoms with E-state index >= 15 is 0 Å². The number of thioether (sulfide) groups is 1. The molecule has 0 saturated heterocycles. The van der Waals surface area contributed by atoms with E-state index in [-0.39, 0.29) is 10.7 Å². The maximum atomic E-state index is 12.3. The molecule has 3 nitrogen and oxygen atoms in total. The van der Waals surface area contributed by atoms with Crippen LogP contribution in [0.15, 0.2) is 28.7 Å². The van der Waals surface area contributed by atoms with Gasteiger partial charge < -0.3 is 9.32 Å². The molecule has 1 heterocycles. The van der Waals surface area contributed by atoms with Crippen molar-refractivity contribution in [2.75, 3.05) is 12.8 Å². The summed E-state index contributed by atoms with van der Waals surface area (Å²) < 4.78 is 6.00. The molecule has 0 radical (unpaired) electrons. The molecule has 0 aliphatic heterocycles. The van der Waals surface area contributed by atoms with Gasteiger partial charge in [0.15, 0.2) is 0 Å². The molecule has 0 spiro atoms. The molecule has 1 amide bonds. The van der Waals surface area contributed by atoms with Crippen LogP contribution in [0.4, 0.5) is 0 Å². The molecule has 4 heteroatoms. The Morgan fingerprint density at radius 1 is 1.27 bits per heavy atom. The van der Waals surface area contributed by atoms with E-state index in [2.05, 4.69) is 33.8 Å². The molecule has 0 bridgehead atoms. The molecule has 120 valence electrons. The number of carbonyl (C=O) groups excluding carboxylic acids is 1. The van der Waals surface area contributed by atoms with Crippen LogP contribution in [0.25, 0.3) is 11.0 Å². The van der Waals surface area contributed by atoms with Crippen molar-refractivity contribution in [3.63, 3.8) is 0 Å². The zero-order valence-corrected chi connectivity index (χ0v) is 14.9. The predicted molar refractivity (Wildman–Crippen MR) is 94.3 cm³/mol. The Bertz CT molecular complexity index is 655. The predicted octanol–water partition coefficient (Wildman–Crippen LogP) is 4.49. The molecular weight excluding hydrogens is 294 g/mol. The number of aryl methyl sites for hydroxylation is 1. The molecule has 0 atom stereocenters. The molecule has 0 aliphatic rings. The van der Waals surface area contributed by atoms with E-state index in [0.717, 1.165) is 28.7 Å². The van der Waals surface area contributed by atoms with Gasteiger partial charge in [0.25, 0.3) is 0 Å². The fraction of sp³-hybridized carbons (Fsp3) is 0.500. The molecule has 0 N–H and O–H groups in total. The van der Waals surface area contributed by atoms with Gasteiger partial charge in [0.1, 0.15) is 11.3 Å². The summed E-state index contributed by atoms with van der Waals surface area (Å²) in [5.74, 6) is 1.65. The van der Waals surface area contributed by atoms with Crippen LogP contribution in [0.2, 0.25) is 0 Å². The summed E-state index contributed by atoms with van der Waals surface area (Å²) in [4.78, 5) is 14.1. The van der Waals surface area contributed by atoms with Gasteiger partial charge in [0, 0.05) is 35.7 Å². The molecule has 0 saturated carbocycles. The van der Waals surface area contributed by atoms with Crippen LogP contribution in [0.1, 0.15) is 39.0 Å². The highest BCUT2D eigenvalue weighted by atomic mass is 32.2. The van der Waals surface area contributed by atoms with Crippen molar-refractivity contribution in [1.82, 2.24) is 4.90 Å². The van der Waals surface area contributed by atoms with Crippen molar-refractivity contribution < 1.29 is 9.21 Å². The van der Waals surface area contributed by atoms with E-state index in [1.807, 2.05) is 25.2 Å². The highest BCUT2D eigenvalue weighted by Gasteiger charge is 2.19. The van der Waals surface area contributed by atoms with Gasteiger partial charge in [-0.25, -0.2) is 0 Å². The van der Waals surface area contributed by atoms with Crippen LogP contribution in [0, 0.1) is 0 Å². The highest BCUT2D eigenvalue weighted by Crippen LogP contribution is 2.28. The lowest BCUT2D eigenvalue weighted by molar-refractivity contribution is -0.127. The van der Waals surface area contributed by atoms with Crippen LogP contribution in [-0.2, 0) is 17.8 Å². The average molecular weight is 319 g/mol.